The molecule has 10 heteroatoms. The number of aromatic nitrogens is 4. The summed E-state index contributed by atoms with van der Waals surface area (Å²) < 4.78 is 30.9. The quantitative estimate of drug-likeness (QED) is 0.429. The van der Waals surface area contributed by atoms with E-state index in [0.717, 1.165) is 12.8 Å². The summed E-state index contributed by atoms with van der Waals surface area (Å²) in [5.74, 6) is -0.455. The second-order valence-electron chi connectivity index (χ2n) is 8.08. The van der Waals surface area contributed by atoms with Crippen LogP contribution in [0.4, 0.5) is 14.6 Å². The average molecular weight is 472 g/mol. The van der Waals surface area contributed by atoms with Gasteiger partial charge < -0.3 is 10.4 Å². The molecule has 0 spiro atoms. The summed E-state index contributed by atoms with van der Waals surface area (Å²) in [5.41, 5.74) is 0.347. The van der Waals surface area contributed by atoms with E-state index in [1.54, 1.807) is 12.1 Å². The molecule has 0 amide bonds. The Kier molecular flexibility index (Phi) is 5.59. The van der Waals surface area contributed by atoms with Crippen LogP contribution in [0.3, 0.4) is 0 Å². The molecule has 0 radical (unpaired) electrons. The summed E-state index contributed by atoms with van der Waals surface area (Å²) in [5, 5.41) is 17.5. The van der Waals surface area contributed by atoms with E-state index in [4.69, 9.17) is 11.6 Å². The normalized spacial score (nSPS) is 14.5. The lowest BCUT2D eigenvalue weighted by Gasteiger charge is -2.17. The third-order valence-corrected chi connectivity index (χ3v) is 6.19. The van der Waals surface area contributed by atoms with Gasteiger partial charge in [0.1, 0.15) is 17.5 Å². The SMILES string of the molecule is O=c1c2cnn(Cc3c(F)cccc3F)c2ccn1-c1cc(N[C@H](CO)C2CC2)ncc1Cl. The summed E-state index contributed by atoms with van der Waals surface area (Å²) in [6, 6.07) is 6.84. The zero-order valence-electron chi connectivity index (χ0n) is 17.4. The van der Waals surface area contributed by atoms with Crippen molar-refractivity contribution in [1.82, 2.24) is 19.3 Å². The van der Waals surface area contributed by atoms with E-state index in [1.165, 1.54) is 46.0 Å². The highest BCUT2D eigenvalue weighted by atomic mass is 35.5. The van der Waals surface area contributed by atoms with Crippen LogP contribution in [0.25, 0.3) is 16.6 Å². The topological polar surface area (TPSA) is 85.0 Å². The van der Waals surface area contributed by atoms with Crippen LogP contribution >= 0.6 is 11.6 Å². The van der Waals surface area contributed by atoms with Gasteiger partial charge in [-0.2, -0.15) is 5.10 Å². The maximum absolute atomic E-state index is 14.1. The van der Waals surface area contributed by atoms with Gasteiger partial charge in [-0.15, -0.1) is 0 Å². The molecule has 7 nitrogen and oxygen atoms in total. The van der Waals surface area contributed by atoms with Crippen molar-refractivity contribution in [3.05, 3.63) is 81.5 Å². The number of nitrogens with zero attached hydrogens (tertiary/aromatic N) is 4. The number of hydrogen-bond donors (Lipinski definition) is 2. The fourth-order valence-corrected chi connectivity index (χ4v) is 4.11. The standard InChI is InChI=1S/C23H20ClF2N5O2/c24-16-10-27-22(29-19(12-32)13-4-5-13)8-21(16)30-7-6-20-14(23(30)33)9-28-31(20)11-15-17(25)2-1-3-18(15)26/h1-3,6-10,13,19,32H,4-5,11-12H2,(H,27,29)/t19-/m1/s1. The summed E-state index contributed by atoms with van der Waals surface area (Å²) in [6.45, 7) is -0.169. The van der Waals surface area contributed by atoms with Crippen LogP contribution in [0.15, 0.2) is 53.7 Å². The Morgan fingerprint density at radius 2 is 1.97 bits per heavy atom. The molecule has 5 rings (SSSR count). The average Bonchev–Trinajstić information content (AvgIpc) is 3.56. The van der Waals surface area contributed by atoms with Crippen LogP contribution in [0.1, 0.15) is 18.4 Å². The van der Waals surface area contributed by atoms with Crippen LogP contribution in [0.5, 0.6) is 0 Å². The number of aliphatic hydroxyl groups excluding tert-OH is 1. The second-order valence-corrected chi connectivity index (χ2v) is 8.49. The number of aliphatic hydroxyl groups is 1. The Bertz CT molecular complexity index is 1380. The first-order chi connectivity index (χ1) is 16.0. The van der Waals surface area contributed by atoms with E-state index in [2.05, 4.69) is 15.4 Å². The Hall–Kier alpha value is -3.30. The lowest BCUT2D eigenvalue weighted by Crippen LogP contribution is -2.26. The predicted molar refractivity (Wildman–Crippen MR) is 121 cm³/mol. The lowest BCUT2D eigenvalue weighted by atomic mass is 10.2. The van der Waals surface area contributed by atoms with E-state index in [-0.39, 0.29) is 40.7 Å². The van der Waals surface area contributed by atoms with Gasteiger partial charge in [-0.25, -0.2) is 13.8 Å². The molecule has 0 bridgehead atoms. The van der Waals surface area contributed by atoms with Crippen LogP contribution in [0.2, 0.25) is 5.02 Å². The van der Waals surface area contributed by atoms with Gasteiger partial charge in [0.05, 0.1) is 53.2 Å². The molecule has 33 heavy (non-hydrogen) atoms. The Labute approximate surface area is 192 Å². The van der Waals surface area contributed by atoms with Gasteiger partial charge in [-0.05, 0) is 37.0 Å². The molecule has 1 fully saturated rings. The van der Waals surface area contributed by atoms with Gasteiger partial charge in [0.25, 0.3) is 5.56 Å². The van der Waals surface area contributed by atoms with Crippen molar-refractivity contribution in [2.45, 2.75) is 25.4 Å². The van der Waals surface area contributed by atoms with Gasteiger partial charge in [-0.3, -0.25) is 14.0 Å². The molecular weight excluding hydrogens is 452 g/mol. The summed E-state index contributed by atoms with van der Waals surface area (Å²) in [6.07, 6.45) is 6.46. The van der Waals surface area contributed by atoms with Crippen molar-refractivity contribution in [2.75, 3.05) is 11.9 Å². The highest BCUT2D eigenvalue weighted by molar-refractivity contribution is 6.32. The summed E-state index contributed by atoms with van der Waals surface area (Å²) >= 11 is 6.34. The van der Waals surface area contributed by atoms with E-state index in [0.29, 0.717) is 22.9 Å². The molecule has 1 saturated carbocycles. The van der Waals surface area contributed by atoms with Crippen LogP contribution in [0, 0.1) is 17.6 Å². The number of nitrogens with one attached hydrogen (secondary N) is 1. The molecule has 0 saturated heterocycles. The number of benzene rings is 1. The van der Waals surface area contributed by atoms with Crippen LogP contribution in [-0.4, -0.2) is 37.1 Å². The first kappa shape index (κ1) is 21.5. The van der Waals surface area contributed by atoms with Crippen LogP contribution < -0.4 is 10.9 Å². The first-order valence-corrected chi connectivity index (χ1v) is 10.9. The number of halogens is 3. The third-order valence-electron chi connectivity index (χ3n) is 5.90. The van der Waals surface area contributed by atoms with Crippen molar-refractivity contribution in [3.63, 3.8) is 0 Å². The monoisotopic (exact) mass is 471 g/mol. The summed E-state index contributed by atoms with van der Waals surface area (Å²) in [7, 11) is 0. The number of anilines is 1. The molecule has 2 N–H and O–H groups in total. The molecule has 0 unspecified atom stereocenters. The Balaban J connectivity index is 1.51. The highest BCUT2D eigenvalue weighted by Gasteiger charge is 2.31. The van der Waals surface area contributed by atoms with Crippen molar-refractivity contribution >= 4 is 28.3 Å². The van der Waals surface area contributed by atoms with E-state index < -0.39 is 11.6 Å². The summed E-state index contributed by atoms with van der Waals surface area (Å²) in [4.78, 5) is 17.5. The molecule has 1 aliphatic carbocycles. The lowest BCUT2D eigenvalue weighted by molar-refractivity contribution is 0.263. The second kappa shape index (κ2) is 8.57. The highest BCUT2D eigenvalue weighted by Crippen LogP contribution is 2.34. The van der Waals surface area contributed by atoms with Crippen molar-refractivity contribution in [3.8, 4) is 5.69 Å². The van der Waals surface area contributed by atoms with Gasteiger partial charge in [-0.1, -0.05) is 17.7 Å². The molecule has 3 heterocycles. The van der Waals surface area contributed by atoms with E-state index in [1.807, 2.05) is 0 Å². The molecule has 4 aromatic rings. The fraction of sp³-hybridized carbons (Fsp3) is 0.261. The Morgan fingerprint density at radius 1 is 1.21 bits per heavy atom. The minimum atomic E-state index is -0.678. The maximum atomic E-state index is 14.1. The maximum Gasteiger partial charge on any atom is 0.266 e. The van der Waals surface area contributed by atoms with Crippen molar-refractivity contribution in [1.29, 1.82) is 0 Å². The van der Waals surface area contributed by atoms with Gasteiger partial charge >= 0.3 is 0 Å². The number of pyridine rings is 2. The van der Waals surface area contributed by atoms with E-state index in [9.17, 15) is 18.7 Å². The van der Waals surface area contributed by atoms with E-state index >= 15 is 0 Å². The minimum Gasteiger partial charge on any atom is -0.394 e. The zero-order chi connectivity index (χ0) is 23.1. The Morgan fingerprint density at radius 3 is 2.67 bits per heavy atom. The number of rotatable bonds is 7. The van der Waals surface area contributed by atoms with Crippen molar-refractivity contribution in [2.24, 2.45) is 5.92 Å². The smallest absolute Gasteiger partial charge is 0.266 e. The molecule has 0 aliphatic heterocycles. The molecular formula is C23H20ClF2N5O2. The van der Waals surface area contributed by atoms with Crippen LogP contribution in [-0.2, 0) is 6.54 Å². The molecule has 1 aromatic carbocycles. The minimum absolute atomic E-state index is 0.0159. The molecule has 3 aromatic heterocycles. The number of fused-ring (bicyclic) bond motifs is 1. The van der Waals surface area contributed by atoms with Gasteiger partial charge in [0, 0.05) is 17.8 Å². The first-order valence-electron chi connectivity index (χ1n) is 10.5. The molecule has 170 valence electrons. The largest absolute Gasteiger partial charge is 0.394 e. The zero-order valence-corrected chi connectivity index (χ0v) is 18.1. The predicted octanol–water partition coefficient (Wildman–Crippen LogP) is 3.74. The van der Waals surface area contributed by atoms with Gasteiger partial charge in [0.15, 0.2) is 0 Å². The third kappa shape index (κ3) is 4.09. The number of hydrogen-bond acceptors (Lipinski definition) is 5. The van der Waals surface area contributed by atoms with Crippen molar-refractivity contribution < 1.29 is 13.9 Å². The van der Waals surface area contributed by atoms with Gasteiger partial charge in [0.2, 0.25) is 0 Å². The molecule has 1 atom stereocenters. The fourth-order valence-electron chi connectivity index (χ4n) is 3.92. The molecule has 1 aliphatic rings.